The molecule has 0 radical (unpaired) electrons. The standard InChI is InChI=1S/C17H19Cl2NO/c1-3-20-17(15-11-13(18)7-8-16(15)19)10-12-5-4-6-14(9-12)21-2/h4-9,11,17,20H,3,10H2,1-2H3. The highest BCUT2D eigenvalue weighted by atomic mass is 35.5. The summed E-state index contributed by atoms with van der Waals surface area (Å²) >= 11 is 12.4. The number of nitrogens with one attached hydrogen (secondary N) is 1. The van der Waals surface area contributed by atoms with Crippen molar-refractivity contribution in [1.29, 1.82) is 0 Å². The molecule has 0 saturated heterocycles. The molecule has 21 heavy (non-hydrogen) atoms. The third-order valence-electron chi connectivity index (χ3n) is 3.36. The smallest absolute Gasteiger partial charge is 0.119 e. The van der Waals surface area contributed by atoms with Gasteiger partial charge >= 0.3 is 0 Å². The molecule has 0 amide bonds. The molecular weight excluding hydrogens is 305 g/mol. The van der Waals surface area contributed by atoms with Gasteiger partial charge in [-0.15, -0.1) is 0 Å². The summed E-state index contributed by atoms with van der Waals surface area (Å²) < 4.78 is 5.28. The van der Waals surface area contributed by atoms with E-state index in [1.807, 2.05) is 36.4 Å². The molecule has 0 aromatic heterocycles. The first-order valence-electron chi connectivity index (χ1n) is 6.95. The molecule has 1 atom stereocenters. The lowest BCUT2D eigenvalue weighted by atomic mass is 9.98. The van der Waals surface area contributed by atoms with E-state index in [-0.39, 0.29) is 6.04 Å². The Kier molecular flexibility index (Phi) is 5.92. The maximum absolute atomic E-state index is 6.33. The molecule has 0 aliphatic heterocycles. The molecule has 0 spiro atoms. The van der Waals surface area contributed by atoms with Crippen LogP contribution in [0.3, 0.4) is 0 Å². The zero-order valence-corrected chi connectivity index (χ0v) is 13.7. The van der Waals surface area contributed by atoms with Crippen LogP contribution in [0.15, 0.2) is 42.5 Å². The first kappa shape index (κ1) is 16.2. The minimum atomic E-state index is 0.119. The molecule has 112 valence electrons. The van der Waals surface area contributed by atoms with Gasteiger partial charge in [0.2, 0.25) is 0 Å². The van der Waals surface area contributed by atoms with Crippen molar-refractivity contribution in [1.82, 2.24) is 5.32 Å². The second-order valence-corrected chi connectivity index (χ2v) is 5.68. The highest BCUT2D eigenvalue weighted by Crippen LogP contribution is 2.29. The number of hydrogen-bond donors (Lipinski definition) is 1. The van der Waals surface area contributed by atoms with Crippen LogP contribution in [0.25, 0.3) is 0 Å². The van der Waals surface area contributed by atoms with Crippen LogP contribution in [0.5, 0.6) is 5.75 Å². The van der Waals surface area contributed by atoms with Crippen LogP contribution in [0.2, 0.25) is 10.0 Å². The van der Waals surface area contributed by atoms with E-state index in [1.54, 1.807) is 7.11 Å². The van der Waals surface area contributed by atoms with E-state index in [9.17, 15) is 0 Å². The lowest BCUT2D eigenvalue weighted by Gasteiger charge is -2.20. The Morgan fingerprint density at radius 3 is 2.67 bits per heavy atom. The SMILES string of the molecule is CCNC(Cc1cccc(OC)c1)c1cc(Cl)ccc1Cl. The predicted octanol–water partition coefficient (Wildman–Crippen LogP) is 4.90. The number of benzene rings is 2. The van der Waals surface area contributed by atoms with E-state index in [4.69, 9.17) is 27.9 Å². The second-order valence-electron chi connectivity index (χ2n) is 4.83. The molecule has 2 rings (SSSR count). The van der Waals surface area contributed by atoms with Gasteiger partial charge in [0, 0.05) is 16.1 Å². The summed E-state index contributed by atoms with van der Waals surface area (Å²) in [5.41, 5.74) is 2.21. The Balaban J connectivity index is 2.28. The van der Waals surface area contributed by atoms with Gasteiger partial charge in [-0.05, 0) is 54.4 Å². The Bertz CT molecular complexity index is 601. The molecular formula is C17H19Cl2NO. The molecule has 0 saturated carbocycles. The molecule has 4 heteroatoms. The van der Waals surface area contributed by atoms with Crippen molar-refractivity contribution in [2.24, 2.45) is 0 Å². The molecule has 0 bridgehead atoms. The third-order valence-corrected chi connectivity index (χ3v) is 3.94. The second kappa shape index (κ2) is 7.69. The summed E-state index contributed by atoms with van der Waals surface area (Å²) in [7, 11) is 1.68. The average molecular weight is 324 g/mol. The molecule has 2 aromatic rings. The Morgan fingerprint density at radius 1 is 1.14 bits per heavy atom. The van der Waals surface area contributed by atoms with Crippen molar-refractivity contribution in [3.63, 3.8) is 0 Å². The van der Waals surface area contributed by atoms with Crippen molar-refractivity contribution in [2.75, 3.05) is 13.7 Å². The van der Waals surface area contributed by atoms with Crippen LogP contribution in [0.1, 0.15) is 24.1 Å². The minimum absolute atomic E-state index is 0.119. The quantitative estimate of drug-likeness (QED) is 0.816. The number of hydrogen-bond acceptors (Lipinski definition) is 2. The lowest BCUT2D eigenvalue weighted by molar-refractivity contribution is 0.414. The average Bonchev–Trinajstić information content (AvgIpc) is 2.49. The van der Waals surface area contributed by atoms with Crippen molar-refractivity contribution in [2.45, 2.75) is 19.4 Å². The van der Waals surface area contributed by atoms with Crippen molar-refractivity contribution in [3.8, 4) is 5.75 Å². The van der Waals surface area contributed by atoms with Gasteiger partial charge in [0.15, 0.2) is 0 Å². The van der Waals surface area contributed by atoms with Gasteiger partial charge in [-0.1, -0.05) is 42.3 Å². The number of rotatable bonds is 6. The summed E-state index contributed by atoms with van der Waals surface area (Å²) in [6.07, 6.45) is 0.825. The van der Waals surface area contributed by atoms with E-state index in [0.29, 0.717) is 5.02 Å². The summed E-state index contributed by atoms with van der Waals surface area (Å²) in [6, 6.07) is 13.8. The fourth-order valence-corrected chi connectivity index (χ4v) is 2.79. The van der Waals surface area contributed by atoms with Crippen molar-refractivity contribution >= 4 is 23.2 Å². The van der Waals surface area contributed by atoms with Crippen LogP contribution in [-0.2, 0) is 6.42 Å². The van der Waals surface area contributed by atoms with Crippen molar-refractivity contribution < 1.29 is 4.74 Å². The molecule has 1 unspecified atom stereocenters. The first-order chi connectivity index (χ1) is 10.1. The zero-order valence-electron chi connectivity index (χ0n) is 12.2. The first-order valence-corrected chi connectivity index (χ1v) is 7.71. The van der Waals surface area contributed by atoms with E-state index in [0.717, 1.165) is 29.3 Å². The summed E-state index contributed by atoms with van der Waals surface area (Å²) in [6.45, 7) is 2.94. The highest BCUT2D eigenvalue weighted by Gasteiger charge is 2.15. The van der Waals surface area contributed by atoms with Crippen LogP contribution < -0.4 is 10.1 Å². The van der Waals surface area contributed by atoms with Crippen molar-refractivity contribution in [3.05, 3.63) is 63.6 Å². The van der Waals surface area contributed by atoms with Gasteiger partial charge in [-0.3, -0.25) is 0 Å². The van der Waals surface area contributed by atoms with Gasteiger partial charge in [-0.2, -0.15) is 0 Å². The third kappa shape index (κ3) is 4.37. The van der Waals surface area contributed by atoms with Gasteiger partial charge < -0.3 is 10.1 Å². The van der Waals surface area contributed by atoms with Crippen LogP contribution in [-0.4, -0.2) is 13.7 Å². The van der Waals surface area contributed by atoms with Crippen LogP contribution >= 0.6 is 23.2 Å². The molecule has 0 aliphatic carbocycles. The minimum Gasteiger partial charge on any atom is -0.497 e. The topological polar surface area (TPSA) is 21.3 Å². The van der Waals surface area contributed by atoms with E-state index < -0.39 is 0 Å². The maximum Gasteiger partial charge on any atom is 0.119 e. The molecule has 2 nitrogen and oxygen atoms in total. The van der Waals surface area contributed by atoms with E-state index >= 15 is 0 Å². The van der Waals surface area contributed by atoms with Gasteiger partial charge in [0.05, 0.1) is 7.11 Å². The fourth-order valence-electron chi connectivity index (χ4n) is 2.36. The predicted molar refractivity (Wildman–Crippen MR) is 89.6 cm³/mol. The Labute approximate surface area is 136 Å². The summed E-state index contributed by atoms with van der Waals surface area (Å²) in [5, 5.41) is 4.90. The normalized spacial score (nSPS) is 12.2. The number of methoxy groups -OCH3 is 1. The van der Waals surface area contributed by atoms with E-state index in [1.165, 1.54) is 5.56 Å². The summed E-state index contributed by atoms with van der Waals surface area (Å²) in [5.74, 6) is 0.861. The van der Waals surface area contributed by atoms with Crippen LogP contribution in [0, 0.1) is 0 Å². The van der Waals surface area contributed by atoms with Gasteiger partial charge in [-0.25, -0.2) is 0 Å². The maximum atomic E-state index is 6.33. The molecule has 0 heterocycles. The Hall–Kier alpha value is -1.22. The van der Waals surface area contributed by atoms with Gasteiger partial charge in [0.25, 0.3) is 0 Å². The zero-order chi connectivity index (χ0) is 15.2. The lowest BCUT2D eigenvalue weighted by Crippen LogP contribution is -2.23. The van der Waals surface area contributed by atoms with Crippen LogP contribution in [0.4, 0.5) is 0 Å². The molecule has 0 fully saturated rings. The monoisotopic (exact) mass is 323 g/mol. The number of ether oxygens (including phenoxy) is 1. The van der Waals surface area contributed by atoms with E-state index in [2.05, 4.69) is 18.3 Å². The van der Waals surface area contributed by atoms with Gasteiger partial charge in [0.1, 0.15) is 5.75 Å². The molecule has 1 N–H and O–H groups in total. The summed E-state index contributed by atoms with van der Waals surface area (Å²) in [4.78, 5) is 0. The molecule has 0 aliphatic rings. The number of likely N-dealkylation sites (N-methyl/N-ethyl adjacent to an activating group) is 1. The fraction of sp³-hybridized carbons (Fsp3) is 0.294. The largest absolute Gasteiger partial charge is 0.497 e. The number of halogens is 2. The Morgan fingerprint density at radius 2 is 1.95 bits per heavy atom. The molecule has 2 aromatic carbocycles. The highest BCUT2D eigenvalue weighted by molar-refractivity contribution is 6.33.